The predicted octanol–water partition coefficient (Wildman–Crippen LogP) is -0.198. The molecule has 3 rings (SSSR count). The minimum atomic E-state index is -1.55. The summed E-state index contributed by atoms with van der Waals surface area (Å²) in [4.78, 5) is 39.4. The number of hydrogen-bond donors (Lipinski definition) is 2. The molecule has 172 valence electrons. The molecule has 0 saturated carbocycles. The Hall–Kier alpha value is -2.46. The Morgan fingerprint density at radius 2 is 1.97 bits per heavy atom. The zero-order chi connectivity index (χ0) is 23.5. The van der Waals surface area contributed by atoms with E-state index in [1.54, 1.807) is 25.2 Å². The van der Waals surface area contributed by atoms with E-state index in [1.807, 2.05) is 25.2 Å². The van der Waals surface area contributed by atoms with Gasteiger partial charge in [0.25, 0.3) is 0 Å². The number of aliphatic hydroxyl groups excluding tert-OH is 2. The first-order valence-electron chi connectivity index (χ1n) is 10.3. The number of Topliss-reactive ketones (excluding diaryl/α,β-unsaturated/α-hetero) is 1. The van der Waals surface area contributed by atoms with Crippen LogP contribution in [0.3, 0.4) is 0 Å². The van der Waals surface area contributed by atoms with Gasteiger partial charge in [0.2, 0.25) is 0 Å². The van der Waals surface area contributed by atoms with Gasteiger partial charge in [-0.2, -0.15) is 0 Å². The van der Waals surface area contributed by atoms with Crippen molar-refractivity contribution in [1.82, 2.24) is 0 Å². The van der Waals surface area contributed by atoms with Gasteiger partial charge in [0.15, 0.2) is 0 Å². The summed E-state index contributed by atoms with van der Waals surface area (Å²) in [6.45, 7) is 5.03. The van der Waals surface area contributed by atoms with Crippen LogP contribution in [0.2, 0.25) is 0 Å². The van der Waals surface area contributed by atoms with E-state index in [-0.39, 0.29) is 12.4 Å². The molecule has 1 saturated heterocycles. The third-order valence-electron chi connectivity index (χ3n) is 5.93. The number of alkyl halides is 1. The molecule has 32 heavy (non-hydrogen) atoms. The Morgan fingerprint density at radius 3 is 2.62 bits per heavy atom. The first-order valence-corrected chi connectivity index (χ1v) is 12.6. The molecule has 0 spiro atoms. The van der Waals surface area contributed by atoms with E-state index in [1.165, 1.54) is 19.3 Å². The number of allylic oxidation sites excluding steroid dienone is 8. The van der Waals surface area contributed by atoms with E-state index < -0.39 is 59.8 Å². The molecule has 3 aliphatic rings. The SMILES string of the molecule is C/C=C/C=C/C=C/C(O)=CC(=O)C1C(=O)O[C@]2(C)C(=O)C3=CO[C@H](CO)[I-]C3=CC12CC. The number of hydrogen-bond acceptors (Lipinski definition) is 7. The fraction of sp³-hybridized carbons (Fsp3) is 0.375. The van der Waals surface area contributed by atoms with E-state index >= 15 is 0 Å². The number of aliphatic hydroxyl groups is 2. The van der Waals surface area contributed by atoms with Gasteiger partial charge in [-0.3, -0.25) is 0 Å². The maximum atomic E-state index is 13.4. The second kappa shape index (κ2) is 9.58. The summed E-state index contributed by atoms with van der Waals surface area (Å²) in [5.74, 6) is -3.38. The van der Waals surface area contributed by atoms with Crippen molar-refractivity contribution in [3.8, 4) is 0 Å². The van der Waals surface area contributed by atoms with E-state index in [9.17, 15) is 24.6 Å². The summed E-state index contributed by atoms with van der Waals surface area (Å²) in [5.41, 5.74) is -2.40. The van der Waals surface area contributed by atoms with Crippen LogP contribution in [-0.2, 0) is 23.9 Å². The first kappa shape index (κ1) is 24.2. The van der Waals surface area contributed by atoms with E-state index in [0.29, 0.717) is 12.0 Å². The molecule has 0 bridgehead atoms. The van der Waals surface area contributed by atoms with Gasteiger partial charge in [-0.05, 0) is 6.92 Å². The Morgan fingerprint density at radius 1 is 1.25 bits per heavy atom. The van der Waals surface area contributed by atoms with Gasteiger partial charge in [-0.25, -0.2) is 0 Å². The molecule has 7 nitrogen and oxygen atoms in total. The third-order valence-corrected chi connectivity index (χ3v) is 8.88. The van der Waals surface area contributed by atoms with E-state index in [0.717, 1.165) is 9.66 Å². The van der Waals surface area contributed by atoms with Crippen molar-refractivity contribution < 1.29 is 55.3 Å². The number of ether oxygens (including phenoxy) is 2. The number of rotatable bonds is 7. The Kier molecular flexibility index (Phi) is 7.24. The number of halogens is 1. The summed E-state index contributed by atoms with van der Waals surface area (Å²) < 4.78 is 11.4. The fourth-order valence-corrected chi connectivity index (χ4v) is 6.93. The zero-order valence-corrected chi connectivity index (χ0v) is 20.2. The molecular weight excluding hydrogens is 527 g/mol. The van der Waals surface area contributed by atoms with Gasteiger partial charge < -0.3 is 0 Å². The summed E-state index contributed by atoms with van der Waals surface area (Å²) in [5, 5.41) is 19.6. The van der Waals surface area contributed by atoms with Gasteiger partial charge >= 0.3 is 184 Å². The van der Waals surface area contributed by atoms with Crippen molar-refractivity contribution in [2.45, 2.75) is 36.9 Å². The Labute approximate surface area is 197 Å². The van der Waals surface area contributed by atoms with Crippen LogP contribution < -0.4 is 21.2 Å². The zero-order valence-electron chi connectivity index (χ0n) is 18.1. The molecule has 1 fully saturated rings. The van der Waals surface area contributed by atoms with Crippen molar-refractivity contribution in [3.05, 3.63) is 69.8 Å². The predicted molar refractivity (Wildman–Crippen MR) is 113 cm³/mol. The second-order valence-electron chi connectivity index (χ2n) is 7.71. The van der Waals surface area contributed by atoms with Crippen LogP contribution in [-0.4, -0.2) is 44.1 Å². The number of carbonyl (C=O) groups excluding carboxylic acids is 3. The number of fused-ring (bicyclic) bond motifs is 2. The van der Waals surface area contributed by atoms with E-state index in [2.05, 4.69) is 0 Å². The molecule has 8 heteroatoms. The topological polar surface area (TPSA) is 110 Å². The summed E-state index contributed by atoms with van der Waals surface area (Å²) in [7, 11) is 0. The van der Waals surface area contributed by atoms with Gasteiger partial charge in [0.05, 0.1) is 0 Å². The fourth-order valence-electron chi connectivity index (χ4n) is 4.25. The van der Waals surface area contributed by atoms with Crippen molar-refractivity contribution in [1.29, 1.82) is 0 Å². The van der Waals surface area contributed by atoms with Crippen molar-refractivity contribution in [3.63, 3.8) is 0 Å². The minimum absolute atomic E-state index is 0.178. The number of esters is 1. The van der Waals surface area contributed by atoms with Crippen LogP contribution in [0, 0.1) is 11.3 Å². The monoisotopic (exact) mass is 553 g/mol. The molecule has 0 aromatic carbocycles. The standard InChI is InChI=1S/C24H26IO7/c1-4-6-7-8-9-10-15(27)11-18(28)20-22(30)32-23(3)21(29)16-14-31-19(13-26)25-17(16)12-24(20,23)5-2/h4,6-12,14,19-20,26-27H,5,13H2,1-3H3/q-1/b6-4+,8-7+,10-9+,15-11?/t19-,20?,23-,24?/m1/s1. The molecule has 2 unspecified atom stereocenters. The molecule has 0 amide bonds. The summed E-state index contributed by atoms with van der Waals surface area (Å²) in [6, 6.07) is 0. The molecule has 4 atom stereocenters. The van der Waals surface area contributed by atoms with Crippen LogP contribution in [0.25, 0.3) is 0 Å². The van der Waals surface area contributed by atoms with Crippen molar-refractivity contribution in [2.75, 3.05) is 6.61 Å². The van der Waals surface area contributed by atoms with Crippen molar-refractivity contribution >= 4 is 17.5 Å². The van der Waals surface area contributed by atoms with Gasteiger partial charge in [-0.15, -0.1) is 0 Å². The maximum absolute atomic E-state index is 13.4. The summed E-state index contributed by atoms with van der Waals surface area (Å²) >= 11 is -0.879. The van der Waals surface area contributed by atoms with Gasteiger partial charge in [0.1, 0.15) is 0 Å². The van der Waals surface area contributed by atoms with Crippen LogP contribution >= 0.6 is 0 Å². The average molecular weight is 553 g/mol. The second-order valence-corrected chi connectivity index (χ2v) is 10.9. The normalized spacial score (nSPS) is 32.8. The molecule has 2 aliphatic heterocycles. The molecular formula is C24H26IO7-. The number of carbonyl (C=O) groups is 3. The van der Waals surface area contributed by atoms with Crippen molar-refractivity contribution in [2.24, 2.45) is 11.3 Å². The first-order chi connectivity index (χ1) is 15.2. The third kappa shape index (κ3) is 4.01. The van der Waals surface area contributed by atoms with Crippen LogP contribution in [0.4, 0.5) is 0 Å². The summed E-state index contributed by atoms with van der Waals surface area (Å²) in [6.07, 6.45) is 14.5. The van der Waals surface area contributed by atoms with Crippen LogP contribution in [0.5, 0.6) is 0 Å². The average Bonchev–Trinajstić information content (AvgIpc) is 3.00. The quantitative estimate of drug-likeness (QED) is 0.0856. The molecule has 1 aliphatic carbocycles. The van der Waals surface area contributed by atoms with E-state index in [4.69, 9.17) is 9.47 Å². The molecule has 2 heterocycles. The molecule has 0 radical (unpaired) electrons. The van der Waals surface area contributed by atoms with Gasteiger partial charge in [0, 0.05) is 0 Å². The molecule has 2 N–H and O–H groups in total. The molecule has 0 aromatic heterocycles. The molecule has 0 aromatic rings. The van der Waals surface area contributed by atoms with Crippen LogP contribution in [0.1, 0.15) is 27.2 Å². The Balaban J connectivity index is 2.01. The van der Waals surface area contributed by atoms with Crippen LogP contribution in [0.15, 0.2) is 69.8 Å². The Bertz CT molecular complexity index is 1000. The number of ketones is 2. The van der Waals surface area contributed by atoms with Gasteiger partial charge in [-0.1, -0.05) is 6.08 Å².